The molecule has 0 spiro atoms. The van der Waals surface area contributed by atoms with Gasteiger partial charge in [0, 0.05) is 0 Å². The summed E-state index contributed by atoms with van der Waals surface area (Å²) < 4.78 is 2.00. The standard InChI is InChI=1S/C7H9N2O.Tl/c1-7(2,4-10)6-3-8-5-9-6;/h3-5H,1-2H3;/q-1;+1. The molecule has 0 bridgehead atoms. The molecule has 0 saturated carbocycles. The fourth-order valence-corrected chi connectivity index (χ4v) is 1.54. The van der Waals surface area contributed by atoms with Crippen molar-refractivity contribution in [3.05, 3.63) is 18.2 Å². The molecule has 0 aliphatic carbocycles. The van der Waals surface area contributed by atoms with E-state index in [1.165, 1.54) is 0 Å². The van der Waals surface area contributed by atoms with Crippen LogP contribution in [0, 0.1) is 0 Å². The van der Waals surface area contributed by atoms with E-state index in [9.17, 15) is 4.79 Å². The Morgan fingerprint density at radius 1 is 1.73 bits per heavy atom. The van der Waals surface area contributed by atoms with Crippen molar-refractivity contribution in [1.29, 1.82) is 0 Å². The molecule has 0 aromatic carbocycles. The molecule has 0 aliphatic rings. The molecule has 0 amide bonds. The third kappa shape index (κ3) is 1.88. The minimum atomic E-state index is -0.430. The van der Waals surface area contributed by atoms with Gasteiger partial charge in [0.05, 0.1) is 0 Å². The number of nitrogens with zero attached hydrogens (tertiary/aromatic N) is 2. The molecule has 4 heteroatoms. The molecule has 1 aromatic rings. The predicted molar refractivity (Wildman–Crippen MR) is 42.5 cm³/mol. The van der Waals surface area contributed by atoms with E-state index in [2.05, 4.69) is 4.98 Å². The topological polar surface area (TPSA) is 34.9 Å². The van der Waals surface area contributed by atoms with Crippen LogP contribution in [-0.4, -0.2) is 39.7 Å². The number of rotatable bonds is 2. The molecule has 3 nitrogen and oxygen atoms in total. The van der Waals surface area contributed by atoms with Crippen molar-refractivity contribution < 1.29 is 4.79 Å². The summed E-state index contributed by atoms with van der Waals surface area (Å²) >= 11 is 0.726. The third-order valence-electron chi connectivity index (χ3n) is 1.56. The first-order chi connectivity index (χ1) is 5.06. The summed E-state index contributed by atoms with van der Waals surface area (Å²) in [5.74, 6) is 0. The van der Waals surface area contributed by atoms with E-state index in [1.807, 2.05) is 22.4 Å². The zero-order chi connectivity index (χ0) is 8.48. The van der Waals surface area contributed by atoms with E-state index in [1.54, 1.807) is 6.33 Å². The summed E-state index contributed by atoms with van der Waals surface area (Å²) in [6.45, 7) is 3.74. The summed E-state index contributed by atoms with van der Waals surface area (Å²) in [6, 6.07) is 0. The van der Waals surface area contributed by atoms with Crippen LogP contribution in [0.15, 0.2) is 12.5 Å². The molecule has 1 rings (SSSR count). The van der Waals surface area contributed by atoms with E-state index in [0.29, 0.717) is 0 Å². The van der Waals surface area contributed by atoms with Crippen molar-refractivity contribution in [2.75, 3.05) is 0 Å². The van der Waals surface area contributed by atoms with E-state index < -0.39 is 5.41 Å². The molecule has 0 unspecified atom stereocenters. The van der Waals surface area contributed by atoms with E-state index >= 15 is 0 Å². The van der Waals surface area contributed by atoms with Crippen LogP contribution in [-0.2, 0) is 10.2 Å². The number of aldehydes is 1. The van der Waals surface area contributed by atoms with Gasteiger partial charge in [-0.1, -0.05) is 0 Å². The van der Waals surface area contributed by atoms with Crippen LogP contribution in [0.4, 0.5) is 0 Å². The maximum absolute atomic E-state index is 10.6. The Morgan fingerprint density at radius 2 is 2.36 bits per heavy atom. The molecule has 0 atom stereocenters. The van der Waals surface area contributed by atoms with Crippen molar-refractivity contribution >= 4 is 32.4 Å². The fraction of sp³-hybridized carbons (Fsp3) is 0.429. The normalized spacial score (nSPS) is 11.4. The first-order valence-corrected chi connectivity index (χ1v) is 5.33. The number of imidazole rings is 1. The molecule has 11 heavy (non-hydrogen) atoms. The van der Waals surface area contributed by atoms with Gasteiger partial charge in [0.1, 0.15) is 0 Å². The van der Waals surface area contributed by atoms with Crippen molar-refractivity contribution in [2.24, 2.45) is 0 Å². The van der Waals surface area contributed by atoms with Crippen LogP contribution in [0.25, 0.3) is 0 Å². The molecule has 0 fully saturated rings. The summed E-state index contributed by atoms with van der Waals surface area (Å²) in [7, 11) is 0. The van der Waals surface area contributed by atoms with Gasteiger partial charge in [-0.2, -0.15) is 0 Å². The van der Waals surface area contributed by atoms with Crippen LogP contribution >= 0.6 is 0 Å². The average Bonchev–Trinajstić information content (AvgIpc) is 2.36. The second-order valence-electron chi connectivity index (χ2n) is 3.05. The number of carbonyl (C=O) groups excluding carboxylic acids is 1. The molecule has 1 heterocycles. The SMILES string of the molecule is CC(C)(C=O)c1c[n]([Tl])cn1. The third-order valence-corrected chi connectivity index (χ3v) is 2.65. The summed E-state index contributed by atoms with van der Waals surface area (Å²) in [5, 5.41) is 0. The van der Waals surface area contributed by atoms with Crippen molar-refractivity contribution in [1.82, 2.24) is 7.36 Å². The first-order valence-electron chi connectivity index (χ1n) is 3.32. The van der Waals surface area contributed by atoms with E-state index in [-0.39, 0.29) is 0 Å². The molecule has 1 aromatic heterocycles. The summed E-state index contributed by atoms with van der Waals surface area (Å²) in [6.07, 6.45) is 4.63. The summed E-state index contributed by atoms with van der Waals surface area (Å²) in [5.41, 5.74) is 0.426. The van der Waals surface area contributed by atoms with Crippen molar-refractivity contribution in [3.8, 4) is 0 Å². The second kappa shape index (κ2) is 3.04. The van der Waals surface area contributed by atoms with Crippen molar-refractivity contribution in [3.63, 3.8) is 0 Å². The zero-order valence-corrected chi connectivity index (χ0v) is 11.1. The quantitative estimate of drug-likeness (QED) is 0.573. The van der Waals surface area contributed by atoms with Gasteiger partial charge in [-0.05, 0) is 0 Å². The molecule has 56 valence electrons. The van der Waals surface area contributed by atoms with Gasteiger partial charge in [-0.3, -0.25) is 0 Å². The summed E-state index contributed by atoms with van der Waals surface area (Å²) in [4.78, 5) is 14.7. The number of hydrogen-bond donors (Lipinski definition) is 0. The Bertz CT molecular complexity index is 267. The van der Waals surface area contributed by atoms with Crippen LogP contribution < -0.4 is 0 Å². The number of aromatic nitrogens is 2. The molecule has 0 saturated heterocycles. The molecule has 0 radical (unpaired) electrons. The first kappa shape index (κ1) is 8.89. The Labute approximate surface area is 81.9 Å². The number of carbonyl (C=O) groups is 1. The van der Waals surface area contributed by atoms with E-state index in [4.69, 9.17) is 0 Å². The number of hydrogen-bond acceptors (Lipinski definition) is 2. The Kier molecular flexibility index (Phi) is 2.46. The van der Waals surface area contributed by atoms with Gasteiger partial charge < -0.3 is 0 Å². The monoisotopic (exact) mass is 342 g/mol. The van der Waals surface area contributed by atoms with Crippen LogP contribution in [0.2, 0.25) is 0 Å². The van der Waals surface area contributed by atoms with Crippen LogP contribution in [0.5, 0.6) is 0 Å². The Balaban J connectivity index is 3.01. The molecule has 0 aliphatic heterocycles. The zero-order valence-electron chi connectivity index (χ0n) is 6.61. The van der Waals surface area contributed by atoms with Gasteiger partial charge in [0.2, 0.25) is 0 Å². The predicted octanol–water partition coefficient (Wildman–Crippen LogP) is 0.291. The molecular weight excluding hydrogens is 332 g/mol. The average molecular weight is 342 g/mol. The Hall–Kier alpha value is -0.198. The van der Waals surface area contributed by atoms with Gasteiger partial charge in [0.15, 0.2) is 0 Å². The van der Waals surface area contributed by atoms with Crippen molar-refractivity contribution in [2.45, 2.75) is 19.3 Å². The minimum absolute atomic E-state index is 0.430. The van der Waals surface area contributed by atoms with Crippen LogP contribution in [0.3, 0.4) is 0 Å². The second-order valence-corrected chi connectivity index (χ2v) is 5.36. The van der Waals surface area contributed by atoms with Gasteiger partial charge in [-0.15, -0.1) is 0 Å². The van der Waals surface area contributed by atoms with E-state index in [0.717, 1.165) is 38.0 Å². The van der Waals surface area contributed by atoms with Gasteiger partial charge in [-0.25, -0.2) is 0 Å². The Morgan fingerprint density at radius 3 is 2.73 bits per heavy atom. The molecular formula is C7H9N2OTl. The molecule has 0 N–H and O–H groups in total. The maximum atomic E-state index is 10.6. The fourth-order valence-electron chi connectivity index (χ4n) is 0.730. The van der Waals surface area contributed by atoms with Gasteiger partial charge >= 0.3 is 82.0 Å². The van der Waals surface area contributed by atoms with Gasteiger partial charge in [0.25, 0.3) is 0 Å². The van der Waals surface area contributed by atoms with Crippen LogP contribution in [0.1, 0.15) is 19.5 Å².